The van der Waals surface area contributed by atoms with E-state index in [4.69, 9.17) is 10.5 Å². The normalized spacial score (nSPS) is 24.5. The smallest absolute Gasteiger partial charge is 0.117 e. The molecule has 1 heterocycles. The van der Waals surface area contributed by atoms with Gasteiger partial charge in [0.1, 0.15) is 5.76 Å². The molecule has 2 rings (SSSR count). The van der Waals surface area contributed by atoms with Crippen LogP contribution in [0.25, 0.3) is 0 Å². The van der Waals surface area contributed by atoms with Gasteiger partial charge in [-0.3, -0.25) is 0 Å². The molecule has 0 aromatic carbocycles. The van der Waals surface area contributed by atoms with Gasteiger partial charge in [0.15, 0.2) is 0 Å². The highest BCUT2D eigenvalue weighted by Gasteiger charge is 2.12. The number of nitrogens with two attached hydrogens (primary N) is 1. The monoisotopic (exact) mass is 206 g/mol. The van der Waals surface area contributed by atoms with Crippen LogP contribution in [0.4, 0.5) is 0 Å². The molecule has 3 nitrogen and oxygen atoms in total. The lowest BCUT2D eigenvalue weighted by molar-refractivity contribution is 0.224. The van der Waals surface area contributed by atoms with Crippen molar-refractivity contribution in [3.8, 4) is 0 Å². The quantitative estimate of drug-likeness (QED) is 0.731. The molecular weight excluding hydrogens is 188 g/mol. The van der Waals surface area contributed by atoms with Crippen molar-refractivity contribution in [1.82, 2.24) is 5.32 Å². The summed E-state index contributed by atoms with van der Waals surface area (Å²) in [6.45, 7) is 2.28. The molecule has 1 atom stereocenters. The molecule has 82 valence electrons. The van der Waals surface area contributed by atoms with Crippen LogP contribution in [-0.2, 0) is 4.74 Å². The van der Waals surface area contributed by atoms with Crippen molar-refractivity contribution in [2.45, 2.75) is 12.8 Å². The summed E-state index contributed by atoms with van der Waals surface area (Å²) in [4.78, 5) is 0. The Morgan fingerprint density at radius 3 is 3.33 bits per heavy atom. The molecule has 2 bridgehead atoms. The zero-order chi connectivity index (χ0) is 10.5. The van der Waals surface area contributed by atoms with Crippen LogP contribution in [0.2, 0.25) is 0 Å². The fourth-order valence-electron chi connectivity index (χ4n) is 1.85. The Labute approximate surface area is 90.7 Å². The first kappa shape index (κ1) is 10.3. The number of fused-ring (bicyclic) bond motifs is 1. The molecule has 1 aliphatic heterocycles. The summed E-state index contributed by atoms with van der Waals surface area (Å²) in [5.41, 5.74) is 6.55. The fourth-order valence-corrected chi connectivity index (χ4v) is 1.85. The first-order valence-corrected chi connectivity index (χ1v) is 5.57. The fraction of sp³-hybridized carbons (Fsp3) is 0.500. The number of nitrogens with one attached hydrogen (secondary N) is 1. The summed E-state index contributed by atoms with van der Waals surface area (Å²) >= 11 is 0. The van der Waals surface area contributed by atoms with Crippen LogP contribution in [0.1, 0.15) is 12.8 Å². The number of hydrogen-bond acceptors (Lipinski definition) is 3. The van der Waals surface area contributed by atoms with Crippen molar-refractivity contribution < 1.29 is 4.74 Å². The predicted octanol–water partition coefficient (Wildman–Crippen LogP) is 1.30. The predicted molar refractivity (Wildman–Crippen MR) is 61.0 cm³/mol. The number of allylic oxidation sites excluding steroid dienone is 4. The van der Waals surface area contributed by atoms with E-state index in [9.17, 15) is 0 Å². The summed E-state index contributed by atoms with van der Waals surface area (Å²) < 4.78 is 5.64. The molecule has 0 aromatic heterocycles. The van der Waals surface area contributed by atoms with Gasteiger partial charge in [-0.25, -0.2) is 0 Å². The third-order valence-electron chi connectivity index (χ3n) is 2.62. The molecule has 0 spiro atoms. The Hall–Kier alpha value is -1.22. The summed E-state index contributed by atoms with van der Waals surface area (Å²) in [6, 6.07) is 0. The van der Waals surface area contributed by atoms with Crippen LogP contribution >= 0.6 is 0 Å². The summed E-state index contributed by atoms with van der Waals surface area (Å²) in [5, 5.41) is 3.27. The van der Waals surface area contributed by atoms with Gasteiger partial charge in [-0.1, -0.05) is 6.08 Å². The zero-order valence-corrected chi connectivity index (χ0v) is 8.91. The third kappa shape index (κ3) is 2.86. The molecule has 2 aliphatic rings. The lowest BCUT2D eigenvalue weighted by atomic mass is 10.0. The van der Waals surface area contributed by atoms with Gasteiger partial charge >= 0.3 is 0 Å². The highest BCUT2D eigenvalue weighted by atomic mass is 16.5. The Kier molecular flexibility index (Phi) is 3.45. The van der Waals surface area contributed by atoms with Gasteiger partial charge in [-0.2, -0.15) is 0 Å². The van der Waals surface area contributed by atoms with Gasteiger partial charge < -0.3 is 15.8 Å². The molecule has 3 heteroatoms. The van der Waals surface area contributed by atoms with Crippen molar-refractivity contribution in [1.29, 1.82) is 0 Å². The van der Waals surface area contributed by atoms with E-state index >= 15 is 0 Å². The summed E-state index contributed by atoms with van der Waals surface area (Å²) in [6.07, 6.45) is 10.9. The van der Waals surface area contributed by atoms with Crippen LogP contribution in [0.5, 0.6) is 0 Å². The SMILES string of the molecule is NCCNC1=CC2=CC(C=C1)CCCO2. The molecule has 3 N–H and O–H groups in total. The van der Waals surface area contributed by atoms with Gasteiger partial charge in [-0.15, -0.1) is 0 Å². The highest BCUT2D eigenvalue weighted by Crippen LogP contribution is 2.22. The van der Waals surface area contributed by atoms with Gasteiger partial charge in [0.25, 0.3) is 0 Å². The maximum absolute atomic E-state index is 5.64. The Morgan fingerprint density at radius 2 is 2.47 bits per heavy atom. The largest absolute Gasteiger partial charge is 0.494 e. The van der Waals surface area contributed by atoms with E-state index < -0.39 is 0 Å². The summed E-state index contributed by atoms with van der Waals surface area (Å²) in [5.74, 6) is 1.51. The van der Waals surface area contributed by atoms with Gasteiger partial charge in [0.2, 0.25) is 0 Å². The van der Waals surface area contributed by atoms with Crippen molar-refractivity contribution in [2.24, 2.45) is 11.7 Å². The molecule has 0 radical (unpaired) electrons. The topological polar surface area (TPSA) is 47.3 Å². The molecule has 0 saturated carbocycles. The van der Waals surface area contributed by atoms with Crippen molar-refractivity contribution in [2.75, 3.05) is 19.7 Å². The lowest BCUT2D eigenvalue weighted by Gasteiger charge is -2.08. The standard InChI is InChI=1S/C12H18N2O/c13-5-6-14-11-4-3-10-2-1-7-15-12(8-10)9-11/h3-4,8-10,14H,1-2,5-7,13H2. The van der Waals surface area contributed by atoms with E-state index in [0.717, 1.165) is 31.0 Å². The average Bonchev–Trinajstić information content (AvgIpc) is 2.58. The second-order valence-corrected chi connectivity index (χ2v) is 3.90. The minimum absolute atomic E-state index is 0.524. The second kappa shape index (κ2) is 5.03. The number of rotatable bonds is 3. The molecule has 15 heavy (non-hydrogen) atoms. The molecule has 0 fully saturated rings. The van der Waals surface area contributed by atoms with Crippen LogP contribution in [0.3, 0.4) is 0 Å². The van der Waals surface area contributed by atoms with E-state index in [1.54, 1.807) is 0 Å². The third-order valence-corrected chi connectivity index (χ3v) is 2.62. The lowest BCUT2D eigenvalue weighted by Crippen LogP contribution is -2.21. The van der Waals surface area contributed by atoms with Crippen molar-refractivity contribution in [3.63, 3.8) is 0 Å². The maximum atomic E-state index is 5.64. The first-order valence-electron chi connectivity index (χ1n) is 5.57. The molecular formula is C12H18N2O. The van der Waals surface area contributed by atoms with E-state index in [1.165, 1.54) is 6.42 Å². The van der Waals surface area contributed by atoms with Gasteiger partial charge in [0, 0.05) is 24.9 Å². The maximum Gasteiger partial charge on any atom is 0.117 e. The Morgan fingerprint density at radius 1 is 1.53 bits per heavy atom. The summed E-state index contributed by atoms with van der Waals surface area (Å²) in [7, 11) is 0. The van der Waals surface area contributed by atoms with Crippen LogP contribution in [0.15, 0.2) is 35.8 Å². The van der Waals surface area contributed by atoms with E-state index in [0.29, 0.717) is 12.5 Å². The van der Waals surface area contributed by atoms with Crippen molar-refractivity contribution in [3.05, 3.63) is 35.8 Å². The number of ether oxygens (including phenoxy) is 1. The van der Waals surface area contributed by atoms with Crippen LogP contribution in [-0.4, -0.2) is 19.7 Å². The van der Waals surface area contributed by atoms with E-state index in [-0.39, 0.29) is 0 Å². The molecule has 1 aliphatic carbocycles. The highest BCUT2D eigenvalue weighted by molar-refractivity contribution is 5.31. The Balaban J connectivity index is 2.08. The second-order valence-electron chi connectivity index (χ2n) is 3.90. The van der Waals surface area contributed by atoms with Gasteiger partial charge in [0.05, 0.1) is 6.61 Å². The van der Waals surface area contributed by atoms with E-state index in [1.807, 2.05) is 0 Å². The molecule has 0 saturated heterocycles. The van der Waals surface area contributed by atoms with Gasteiger partial charge in [-0.05, 0) is 30.9 Å². The van der Waals surface area contributed by atoms with Crippen LogP contribution in [0, 0.1) is 5.92 Å². The van der Waals surface area contributed by atoms with E-state index in [2.05, 4.69) is 29.6 Å². The number of hydrogen-bond donors (Lipinski definition) is 2. The zero-order valence-electron chi connectivity index (χ0n) is 8.91. The van der Waals surface area contributed by atoms with Crippen molar-refractivity contribution >= 4 is 0 Å². The van der Waals surface area contributed by atoms with Crippen LogP contribution < -0.4 is 11.1 Å². The first-order chi connectivity index (χ1) is 7.38. The minimum Gasteiger partial charge on any atom is -0.494 e. The molecule has 0 aromatic rings. The minimum atomic E-state index is 0.524. The molecule has 0 amide bonds. The molecule has 1 unspecified atom stereocenters. The Bertz CT molecular complexity index is 305. The average molecular weight is 206 g/mol.